The monoisotopic (exact) mass is 233 g/mol. The quantitative estimate of drug-likeness (QED) is 0.828. The van der Waals surface area contributed by atoms with Gasteiger partial charge in [0.25, 0.3) is 0 Å². The molecule has 0 aliphatic heterocycles. The van der Waals surface area contributed by atoms with Crippen LogP contribution in [-0.2, 0) is 4.79 Å². The van der Waals surface area contributed by atoms with Gasteiger partial charge in [0.1, 0.15) is 0 Å². The second-order valence-electron chi connectivity index (χ2n) is 4.96. The Bertz CT molecular complexity index is 387. The van der Waals surface area contributed by atoms with Gasteiger partial charge < -0.3 is 11.1 Å². The molecule has 1 aromatic heterocycles. The van der Waals surface area contributed by atoms with E-state index in [2.05, 4.69) is 10.3 Å². The third-order valence-electron chi connectivity index (χ3n) is 3.45. The molecule has 92 valence electrons. The van der Waals surface area contributed by atoms with Crippen LogP contribution in [0.25, 0.3) is 0 Å². The van der Waals surface area contributed by atoms with Gasteiger partial charge in [-0.15, -0.1) is 0 Å². The number of pyridine rings is 1. The van der Waals surface area contributed by atoms with E-state index in [1.807, 2.05) is 19.1 Å². The Kier molecular flexibility index (Phi) is 3.43. The highest BCUT2D eigenvalue weighted by Crippen LogP contribution is 2.32. The van der Waals surface area contributed by atoms with Crippen molar-refractivity contribution in [2.75, 3.05) is 0 Å². The molecule has 1 heterocycles. The molecule has 1 fully saturated rings. The molecule has 0 unspecified atom stereocenters. The summed E-state index contributed by atoms with van der Waals surface area (Å²) in [5, 5.41) is 2.97. The Balaban J connectivity index is 1.86. The molecule has 0 bridgehead atoms. The zero-order valence-electron chi connectivity index (χ0n) is 10.1. The number of amides is 1. The Morgan fingerprint density at radius 3 is 2.71 bits per heavy atom. The van der Waals surface area contributed by atoms with E-state index in [9.17, 15) is 4.79 Å². The number of hydrogen-bond acceptors (Lipinski definition) is 3. The number of carbonyl (C=O) groups excluding carboxylic acids is 1. The van der Waals surface area contributed by atoms with E-state index in [-0.39, 0.29) is 17.5 Å². The van der Waals surface area contributed by atoms with Crippen LogP contribution in [0.3, 0.4) is 0 Å². The molecule has 1 aromatic rings. The lowest BCUT2D eigenvalue weighted by Gasteiger charge is -2.37. The van der Waals surface area contributed by atoms with E-state index in [1.54, 1.807) is 12.4 Å². The maximum Gasteiger partial charge on any atom is 0.222 e. The fourth-order valence-corrected chi connectivity index (χ4v) is 2.16. The van der Waals surface area contributed by atoms with Crippen LogP contribution in [0, 0.1) is 0 Å². The second kappa shape index (κ2) is 4.84. The summed E-state index contributed by atoms with van der Waals surface area (Å²) >= 11 is 0. The number of nitrogens with one attached hydrogen (secondary N) is 1. The fourth-order valence-electron chi connectivity index (χ4n) is 2.16. The maximum absolute atomic E-state index is 11.8. The summed E-state index contributed by atoms with van der Waals surface area (Å²) in [6, 6.07) is 3.83. The van der Waals surface area contributed by atoms with Crippen LogP contribution in [0.15, 0.2) is 24.5 Å². The van der Waals surface area contributed by atoms with Gasteiger partial charge in [-0.25, -0.2) is 0 Å². The van der Waals surface area contributed by atoms with Crippen LogP contribution in [0.1, 0.15) is 44.2 Å². The normalized spacial score (nSPS) is 19.2. The van der Waals surface area contributed by atoms with Gasteiger partial charge in [-0.2, -0.15) is 0 Å². The van der Waals surface area contributed by atoms with Crippen molar-refractivity contribution in [3.05, 3.63) is 30.1 Å². The van der Waals surface area contributed by atoms with Crippen LogP contribution in [0.2, 0.25) is 0 Å². The lowest BCUT2D eigenvalue weighted by atomic mass is 9.75. The molecule has 4 heteroatoms. The Labute approximate surface area is 102 Å². The molecule has 3 N–H and O–H groups in total. The molecule has 0 radical (unpaired) electrons. The predicted octanol–water partition coefficient (Wildman–Crippen LogP) is 1.53. The van der Waals surface area contributed by atoms with Crippen molar-refractivity contribution < 1.29 is 4.79 Å². The van der Waals surface area contributed by atoms with Crippen LogP contribution in [0.5, 0.6) is 0 Å². The number of carbonyl (C=O) groups is 1. The Morgan fingerprint density at radius 2 is 2.18 bits per heavy atom. The van der Waals surface area contributed by atoms with Crippen LogP contribution in [0.4, 0.5) is 0 Å². The minimum absolute atomic E-state index is 0.00850. The first-order valence-electron chi connectivity index (χ1n) is 6.07. The molecule has 1 aliphatic rings. The molecule has 4 nitrogen and oxygen atoms in total. The number of rotatable bonds is 4. The summed E-state index contributed by atoms with van der Waals surface area (Å²) in [5.74, 6) is 0.0384. The van der Waals surface area contributed by atoms with Gasteiger partial charge in [-0.3, -0.25) is 9.78 Å². The summed E-state index contributed by atoms with van der Waals surface area (Å²) in [6.07, 6.45) is 6.96. The van der Waals surface area contributed by atoms with E-state index < -0.39 is 0 Å². The average molecular weight is 233 g/mol. The lowest BCUT2D eigenvalue weighted by molar-refractivity contribution is -0.123. The van der Waals surface area contributed by atoms with Gasteiger partial charge in [-0.1, -0.05) is 0 Å². The zero-order chi connectivity index (χ0) is 12.3. The van der Waals surface area contributed by atoms with E-state index in [0.717, 1.165) is 24.8 Å². The molecule has 0 saturated heterocycles. The maximum atomic E-state index is 11.8. The first kappa shape index (κ1) is 12.0. The minimum Gasteiger partial charge on any atom is -0.350 e. The largest absolute Gasteiger partial charge is 0.350 e. The van der Waals surface area contributed by atoms with E-state index in [0.29, 0.717) is 6.42 Å². The van der Waals surface area contributed by atoms with Crippen LogP contribution >= 0.6 is 0 Å². The van der Waals surface area contributed by atoms with E-state index >= 15 is 0 Å². The first-order chi connectivity index (χ1) is 8.09. The van der Waals surface area contributed by atoms with Gasteiger partial charge in [0, 0.05) is 24.4 Å². The summed E-state index contributed by atoms with van der Waals surface area (Å²) in [6.45, 7) is 1.97. The number of nitrogens with two attached hydrogens (primary N) is 1. The van der Waals surface area contributed by atoms with E-state index in [4.69, 9.17) is 5.73 Å². The van der Waals surface area contributed by atoms with Crippen LogP contribution < -0.4 is 11.1 Å². The molecule has 1 saturated carbocycles. The summed E-state index contributed by atoms with van der Waals surface area (Å²) in [4.78, 5) is 15.8. The molecule has 17 heavy (non-hydrogen) atoms. The topological polar surface area (TPSA) is 68.0 Å². The van der Waals surface area contributed by atoms with E-state index in [1.165, 1.54) is 0 Å². The molecule has 0 aromatic carbocycles. The lowest BCUT2D eigenvalue weighted by Crippen LogP contribution is -2.50. The van der Waals surface area contributed by atoms with Gasteiger partial charge >= 0.3 is 0 Å². The third kappa shape index (κ3) is 3.03. The summed E-state index contributed by atoms with van der Waals surface area (Å²) < 4.78 is 0. The average Bonchev–Trinajstić information content (AvgIpc) is 2.28. The molecule has 1 aliphatic carbocycles. The Hall–Kier alpha value is -1.42. The van der Waals surface area contributed by atoms with Gasteiger partial charge in [0.05, 0.1) is 6.04 Å². The van der Waals surface area contributed by atoms with Crippen molar-refractivity contribution in [3.8, 4) is 0 Å². The number of nitrogens with zero attached hydrogens (tertiary/aromatic N) is 1. The number of aromatic nitrogens is 1. The minimum atomic E-state index is -0.248. The highest BCUT2D eigenvalue weighted by molar-refractivity contribution is 5.77. The highest BCUT2D eigenvalue weighted by Gasteiger charge is 2.34. The molecule has 0 spiro atoms. The highest BCUT2D eigenvalue weighted by atomic mass is 16.1. The zero-order valence-corrected chi connectivity index (χ0v) is 10.1. The predicted molar refractivity (Wildman–Crippen MR) is 66.2 cm³/mol. The van der Waals surface area contributed by atoms with Crippen molar-refractivity contribution in [1.82, 2.24) is 10.3 Å². The standard InChI is InChI=1S/C13H19N3O/c1-10(11-3-7-15-8-4-11)16-12(17)9-13(14)5-2-6-13/h3-4,7-8,10H,2,5-6,9,14H2,1H3,(H,16,17)/t10-/m0/s1. The van der Waals surface area contributed by atoms with Crippen molar-refractivity contribution in [1.29, 1.82) is 0 Å². The number of hydrogen-bond donors (Lipinski definition) is 2. The van der Waals surface area contributed by atoms with Crippen molar-refractivity contribution in [3.63, 3.8) is 0 Å². The van der Waals surface area contributed by atoms with Gasteiger partial charge in [0.2, 0.25) is 5.91 Å². The summed E-state index contributed by atoms with van der Waals surface area (Å²) in [5.41, 5.74) is 6.86. The molecule has 1 amide bonds. The van der Waals surface area contributed by atoms with Gasteiger partial charge in [-0.05, 0) is 43.9 Å². The van der Waals surface area contributed by atoms with Gasteiger partial charge in [0.15, 0.2) is 0 Å². The Morgan fingerprint density at radius 1 is 1.53 bits per heavy atom. The smallest absolute Gasteiger partial charge is 0.222 e. The first-order valence-corrected chi connectivity index (χ1v) is 6.07. The van der Waals surface area contributed by atoms with Crippen molar-refractivity contribution >= 4 is 5.91 Å². The van der Waals surface area contributed by atoms with Crippen LogP contribution in [-0.4, -0.2) is 16.4 Å². The van der Waals surface area contributed by atoms with Crippen molar-refractivity contribution in [2.45, 2.75) is 44.2 Å². The fraction of sp³-hybridized carbons (Fsp3) is 0.538. The molecule has 2 rings (SSSR count). The third-order valence-corrected chi connectivity index (χ3v) is 3.45. The molecular weight excluding hydrogens is 214 g/mol. The molecule has 1 atom stereocenters. The summed E-state index contributed by atoms with van der Waals surface area (Å²) in [7, 11) is 0. The SMILES string of the molecule is C[C@H](NC(=O)CC1(N)CCC1)c1ccncc1. The molecular formula is C13H19N3O. The second-order valence-corrected chi connectivity index (χ2v) is 4.96. The van der Waals surface area contributed by atoms with Crippen molar-refractivity contribution in [2.24, 2.45) is 5.73 Å².